The fourth-order valence-corrected chi connectivity index (χ4v) is 3.33. The van der Waals surface area contributed by atoms with Crippen molar-refractivity contribution in [1.29, 1.82) is 0 Å². The van der Waals surface area contributed by atoms with Gasteiger partial charge in [0.05, 0.1) is 11.6 Å². The number of rotatable bonds is 8. The van der Waals surface area contributed by atoms with Gasteiger partial charge in [0.1, 0.15) is 11.3 Å². The molecule has 1 aromatic heterocycles. The van der Waals surface area contributed by atoms with E-state index >= 15 is 0 Å². The Kier molecular flexibility index (Phi) is 6.94. The molecule has 0 unspecified atom stereocenters. The Balaban J connectivity index is 2.02. The molecule has 3 aromatic rings. The second kappa shape index (κ2) is 9.61. The number of unbranched alkanes of at least 4 members (excludes halogenated alkanes) is 1. The fourth-order valence-electron chi connectivity index (χ4n) is 3.12. The van der Waals surface area contributed by atoms with Gasteiger partial charge in [0, 0.05) is 23.1 Å². The molecule has 2 aromatic carbocycles. The zero-order chi connectivity index (χ0) is 20.8. The number of aryl methyl sites for hydroxylation is 1. The van der Waals surface area contributed by atoms with Crippen LogP contribution in [0.2, 0.25) is 5.02 Å². The molecule has 0 saturated heterocycles. The third-order valence-electron chi connectivity index (χ3n) is 4.53. The zero-order valence-corrected chi connectivity index (χ0v) is 17.2. The lowest BCUT2D eigenvalue weighted by atomic mass is 10.0. The van der Waals surface area contributed by atoms with Crippen LogP contribution >= 0.6 is 11.6 Å². The Morgan fingerprint density at radius 1 is 1.14 bits per heavy atom. The summed E-state index contributed by atoms with van der Waals surface area (Å²) in [5.74, 6) is -0.273. The lowest BCUT2D eigenvalue weighted by Crippen LogP contribution is -2.21. The first-order chi connectivity index (χ1) is 14.0. The number of hydrogen-bond donors (Lipinski definition) is 0. The highest BCUT2D eigenvalue weighted by atomic mass is 35.5. The first-order valence-electron chi connectivity index (χ1n) is 9.68. The molecule has 6 heteroatoms. The van der Waals surface area contributed by atoms with Crippen LogP contribution in [0.1, 0.15) is 43.9 Å². The smallest absolute Gasteiger partial charge is 0.352 e. The Labute approximate surface area is 174 Å². The molecule has 0 fully saturated rings. The lowest BCUT2D eigenvalue weighted by molar-refractivity contribution is -0.151. The van der Waals surface area contributed by atoms with E-state index in [1.807, 2.05) is 18.2 Å². The molecule has 0 bridgehead atoms. The molecule has 0 spiro atoms. The topological polar surface area (TPSA) is 65.7 Å². The van der Waals surface area contributed by atoms with Crippen LogP contribution in [0.15, 0.2) is 57.7 Å². The minimum atomic E-state index is -0.985. The van der Waals surface area contributed by atoms with Gasteiger partial charge in [0.2, 0.25) is 6.10 Å². The minimum absolute atomic E-state index is 0.229. The maximum absolute atomic E-state index is 12.5. The van der Waals surface area contributed by atoms with Crippen LogP contribution in [-0.2, 0) is 16.0 Å². The summed E-state index contributed by atoms with van der Waals surface area (Å²) >= 11 is 6.47. The van der Waals surface area contributed by atoms with E-state index in [-0.39, 0.29) is 12.4 Å². The van der Waals surface area contributed by atoms with Crippen molar-refractivity contribution in [3.63, 3.8) is 0 Å². The molecule has 0 aliphatic rings. The van der Waals surface area contributed by atoms with Crippen LogP contribution in [0, 0.1) is 0 Å². The molecular formula is C23H23ClO5. The van der Waals surface area contributed by atoms with Gasteiger partial charge in [-0.05, 0) is 31.4 Å². The molecule has 1 heterocycles. The highest BCUT2D eigenvalue weighted by Gasteiger charge is 2.25. The van der Waals surface area contributed by atoms with Crippen LogP contribution < -0.4 is 10.4 Å². The van der Waals surface area contributed by atoms with Gasteiger partial charge in [0.25, 0.3) is 0 Å². The third-order valence-corrected chi connectivity index (χ3v) is 4.83. The van der Waals surface area contributed by atoms with Crippen LogP contribution in [0.25, 0.3) is 11.0 Å². The Hall–Kier alpha value is -2.79. The monoisotopic (exact) mass is 414 g/mol. The van der Waals surface area contributed by atoms with Gasteiger partial charge in [-0.3, -0.25) is 0 Å². The molecule has 1 atom stereocenters. The molecule has 152 valence electrons. The van der Waals surface area contributed by atoms with E-state index in [2.05, 4.69) is 6.92 Å². The summed E-state index contributed by atoms with van der Waals surface area (Å²) in [4.78, 5) is 24.5. The number of hydrogen-bond acceptors (Lipinski definition) is 5. The first-order valence-corrected chi connectivity index (χ1v) is 10.1. The molecule has 3 rings (SSSR count). The molecule has 0 N–H and O–H groups in total. The van der Waals surface area contributed by atoms with Gasteiger partial charge in [-0.25, -0.2) is 9.59 Å². The lowest BCUT2D eigenvalue weighted by Gasteiger charge is -2.19. The molecule has 29 heavy (non-hydrogen) atoms. The normalized spacial score (nSPS) is 12.0. The molecular weight excluding hydrogens is 392 g/mol. The highest BCUT2D eigenvalue weighted by molar-refractivity contribution is 6.32. The van der Waals surface area contributed by atoms with E-state index < -0.39 is 17.7 Å². The molecule has 0 aliphatic heterocycles. The number of ether oxygens (including phenoxy) is 2. The predicted molar refractivity (Wildman–Crippen MR) is 113 cm³/mol. The van der Waals surface area contributed by atoms with Crippen molar-refractivity contribution in [3.8, 4) is 5.75 Å². The van der Waals surface area contributed by atoms with E-state index in [9.17, 15) is 9.59 Å². The van der Waals surface area contributed by atoms with Gasteiger partial charge in [0.15, 0.2) is 0 Å². The Bertz CT molecular complexity index is 1040. The summed E-state index contributed by atoms with van der Waals surface area (Å²) in [6.45, 7) is 4.05. The van der Waals surface area contributed by atoms with Crippen molar-refractivity contribution < 1.29 is 18.7 Å². The molecule has 0 saturated carbocycles. The van der Waals surface area contributed by atoms with E-state index in [4.69, 9.17) is 25.5 Å². The van der Waals surface area contributed by atoms with Crippen LogP contribution in [-0.4, -0.2) is 12.6 Å². The number of halogens is 1. The van der Waals surface area contributed by atoms with Gasteiger partial charge in [-0.1, -0.05) is 55.3 Å². The second-order valence-corrected chi connectivity index (χ2v) is 7.04. The van der Waals surface area contributed by atoms with Gasteiger partial charge < -0.3 is 13.9 Å². The van der Waals surface area contributed by atoms with Crippen LogP contribution in [0.5, 0.6) is 5.75 Å². The third kappa shape index (κ3) is 4.98. The fraction of sp³-hybridized carbons (Fsp3) is 0.304. The maximum atomic E-state index is 12.5. The van der Waals surface area contributed by atoms with Gasteiger partial charge in [-0.2, -0.15) is 0 Å². The van der Waals surface area contributed by atoms with Crippen molar-refractivity contribution in [1.82, 2.24) is 0 Å². The summed E-state index contributed by atoms with van der Waals surface area (Å²) in [5, 5.41) is 1.09. The highest BCUT2D eigenvalue weighted by Crippen LogP contribution is 2.34. The Morgan fingerprint density at radius 2 is 1.90 bits per heavy atom. The number of esters is 1. The van der Waals surface area contributed by atoms with Crippen molar-refractivity contribution in [3.05, 3.63) is 75.1 Å². The van der Waals surface area contributed by atoms with Gasteiger partial charge in [-0.15, -0.1) is 0 Å². The number of carbonyl (C=O) groups excluding carboxylic acids is 1. The molecule has 0 amide bonds. The molecule has 0 aliphatic carbocycles. The quantitative estimate of drug-likeness (QED) is 0.361. The average Bonchev–Trinajstić information content (AvgIpc) is 2.71. The van der Waals surface area contributed by atoms with Crippen LogP contribution in [0.4, 0.5) is 0 Å². The Morgan fingerprint density at radius 3 is 2.59 bits per heavy atom. The number of benzene rings is 2. The van der Waals surface area contributed by atoms with Crippen molar-refractivity contribution in [2.45, 2.75) is 39.2 Å². The second-order valence-electron chi connectivity index (χ2n) is 6.63. The molecule has 5 nitrogen and oxygen atoms in total. The van der Waals surface area contributed by atoms with Crippen molar-refractivity contribution in [2.75, 3.05) is 6.61 Å². The maximum Gasteiger partial charge on any atom is 0.352 e. The van der Waals surface area contributed by atoms with E-state index in [0.29, 0.717) is 16.2 Å². The summed E-state index contributed by atoms with van der Waals surface area (Å²) in [7, 11) is 0. The number of fused-ring (bicyclic) bond motifs is 1. The minimum Gasteiger partial charge on any atom is -0.472 e. The van der Waals surface area contributed by atoms with E-state index in [1.165, 1.54) is 6.07 Å². The summed E-state index contributed by atoms with van der Waals surface area (Å²) < 4.78 is 16.5. The first kappa shape index (κ1) is 20.9. The standard InChI is InChI=1S/C23H23ClO5/c1-3-5-9-16-12-21(25)28-19-14-20(18(24)13-17(16)19)29-22(23(26)27-4-2)15-10-7-6-8-11-15/h6-8,10-14,22H,3-5,9H2,1-2H3/t22-/m1/s1. The average molecular weight is 415 g/mol. The van der Waals surface area contributed by atoms with Crippen molar-refractivity contribution in [2.24, 2.45) is 0 Å². The van der Waals surface area contributed by atoms with Crippen molar-refractivity contribution >= 4 is 28.5 Å². The predicted octanol–water partition coefficient (Wildman–Crippen LogP) is 5.47. The number of carbonyl (C=O) groups is 1. The van der Waals surface area contributed by atoms with E-state index in [0.717, 1.165) is 30.2 Å². The summed E-state index contributed by atoms with van der Waals surface area (Å²) in [5.41, 5.74) is 1.47. The SMILES string of the molecule is CCCCc1cc(=O)oc2cc(O[C@@H](C(=O)OCC)c3ccccc3)c(Cl)cc12. The van der Waals surface area contributed by atoms with Gasteiger partial charge >= 0.3 is 11.6 Å². The molecule has 0 radical (unpaired) electrons. The largest absolute Gasteiger partial charge is 0.472 e. The summed E-state index contributed by atoms with van der Waals surface area (Å²) in [6.07, 6.45) is 1.73. The van der Waals surface area contributed by atoms with Crippen LogP contribution in [0.3, 0.4) is 0 Å². The zero-order valence-electron chi connectivity index (χ0n) is 16.4. The summed E-state index contributed by atoms with van der Waals surface area (Å²) in [6, 6.07) is 13.8. The van der Waals surface area contributed by atoms with E-state index in [1.54, 1.807) is 31.2 Å².